The lowest BCUT2D eigenvalue weighted by Crippen LogP contribution is -2.20. The molecule has 0 fully saturated rings. The maximum absolute atomic E-state index is 12.5. The summed E-state index contributed by atoms with van der Waals surface area (Å²) in [6.45, 7) is 8.41. The van der Waals surface area contributed by atoms with Crippen molar-refractivity contribution in [3.8, 4) is 11.5 Å². The Bertz CT molecular complexity index is 947. The number of ether oxygens (including phenoxy) is 1. The van der Waals surface area contributed by atoms with E-state index >= 15 is 0 Å². The number of anilines is 1. The van der Waals surface area contributed by atoms with Crippen LogP contribution in [0.25, 0.3) is 5.65 Å². The molecule has 6 heteroatoms. The first-order chi connectivity index (χ1) is 13.0. The van der Waals surface area contributed by atoms with E-state index in [4.69, 9.17) is 4.74 Å². The lowest BCUT2D eigenvalue weighted by Gasteiger charge is -2.12. The molecule has 0 bridgehead atoms. The summed E-state index contributed by atoms with van der Waals surface area (Å²) in [5.74, 6) is 0.831. The van der Waals surface area contributed by atoms with Crippen LogP contribution in [0.3, 0.4) is 0 Å². The fraction of sp³-hybridized carbons (Fsp3) is 0.333. The van der Waals surface area contributed by atoms with Gasteiger partial charge in [-0.25, -0.2) is 4.98 Å². The lowest BCUT2D eigenvalue weighted by molar-refractivity contribution is 0.414. The van der Waals surface area contributed by atoms with Gasteiger partial charge in [0.25, 0.3) is 5.56 Å². The minimum atomic E-state index is -0.156. The molecule has 2 N–H and O–H groups in total. The van der Waals surface area contributed by atoms with Crippen molar-refractivity contribution in [2.45, 2.75) is 40.2 Å². The Morgan fingerprint density at radius 1 is 1.19 bits per heavy atom. The molecule has 0 aliphatic heterocycles. The molecule has 144 valence electrons. The predicted molar refractivity (Wildman–Crippen MR) is 109 cm³/mol. The number of aromatic nitrogens is 2. The quantitative estimate of drug-likeness (QED) is 0.706. The third-order valence-corrected chi connectivity index (χ3v) is 4.14. The van der Waals surface area contributed by atoms with Crippen molar-refractivity contribution < 1.29 is 9.84 Å². The normalized spacial score (nSPS) is 10.4. The first kappa shape index (κ1) is 20.3. The van der Waals surface area contributed by atoms with Gasteiger partial charge in [0.15, 0.2) is 11.4 Å². The predicted octanol–water partition coefficient (Wildman–Crippen LogP) is 4.17. The number of hydrogen-bond donors (Lipinski definition) is 2. The van der Waals surface area contributed by atoms with Gasteiger partial charge in [-0.2, -0.15) is 0 Å². The van der Waals surface area contributed by atoms with Crippen LogP contribution in [0.2, 0.25) is 0 Å². The van der Waals surface area contributed by atoms with Gasteiger partial charge in [-0.3, -0.25) is 9.20 Å². The molecule has 0 amide bonds. The van der Waals surface area contributed by atoms with Crippen LogP contribution in [0.1, 0.15) is 44.7 Å². The molecule has 3 rings (SSSR count). The van der Waals surface area contributed by atoms with E-state index in [-0.39, 0.29) is 22.9 Å². The Balaban J connectivity index is 0.00000126. The third-order valence-electron chi connectivity index (χ3n) is 4.14. The largest absolute Gasteiger partial charge is 0.503 e. The summed E-state index contributed by atoms with van der Waals surface area (Å²) in [6, 6.07) is 9.33. The zero-order valence-electron chi connectivity index (χ0n) is 16.5. The van der Waals surface area contributed by atoms with E-state index in [9.17, 15) is 9.90 Å². The highest BCUT2D eigenvalue weighted by molar-refractivity contribution is 5.69. The van der Waals surface area contributed by atoms with E-state index in [1.54, 1.807) is 19.4 Å². The maximum Gasteiger partial charge on any atom is 0.261 e. The smallest absolute Gasteiger partial charge is 0.261 e. The number of fused-ring (bicyclic) bond motifs is 1. The molecule has 0 saturated heterocycles. The highest BCUT2D eigenvalue weighted by atomic mass is 16.5. The second kappa shape index (κ2) is 9.07. The number of benzene rings is 1. The first-order valence-corrected chi connectivity index (χ1v) is 9.11. The zero-order chi connectivity index (χ0) is 20.0. The summed E-state index contributed by atoms with van der Waals surface area (Å²) in [6.07, 6.45) is 3.17. The lowest BCUT2D eigenvalue weighted by atomic mass is 10.1. The molecular weight excluding hydrogens is 342 g/mol. The molecule has 0 atom stereocenters. The monoisotopic (exact) mass is 369 g/mol. The second-order valence-electron chi connectivity index (χ2n) is 6.15. The number of pyridine rings is 1. The van der Waals surface area contributed by atoms with Crippen molar-refractivity contribution in [2.24, 2.45) is 0 Å². The summed E-state index contributed by atoms with van der Waals surface area (Å²) in [5.41, 5.74) is 2.28. The van der Waals surface area contributed by atoms with Crippen LogP contribution in [0.4, 0.5) is 5.69 Å². The Morgan fingerprint density at radius 2 is 1.85 bits per heavy atom. The molecule has 1 aromatic carbocycles. The van der Waals surface area contributed by atoms with E-state index in [1.165, 1.54) is 10.6 Å². The standard InChI is InChI=1S/C19H21N3O3.C2H6/c1-12(2)15-11-21-18-17(23)16(8-9-22(18)19(15)24)20-10-13-4-6-14(25-3)7-5-13;1-2/h4-9,11-12,20,23H,10H2,1-3H3;1-2H3. The molecule has 27 heavy (non-hydrogen) atoms. The van der Waals surface area contributed by atoms with E-state index in [0.29, 0.717) is 17.8 Å². The molecule has 0 unspecified atom stereocenters. The molecule has 3 aromatic rings. The molecule has 2 aromatic heterocycles. The highest BCUT2D eigenvalue weighted by Crippen LogP contribution is 2.27. The molecule has 0 aliphatic carbocycles. The van der Waals surface area contributed by atoms with Crippen molar-refractivity contribution in [2.75, 3.05) is 12.4 Å². The molecule has 0 spiro atoms. The van der Waals surface area contributed by atoms with Gasteiger partial charge in [0.1, 0.15) is 5.75 Å². The van der Waals surface area contributed by atoms with Crippen molar-refractivity contribution >= 4 is 11.3 Å². The number of nitrogens with zero attached hydrogens (tertiary/aromatic N) is 2. The van der Waals surface area contributed by atoms with Gasteiger partial charge < -0.3 is 15.2 Å². The van der Waals surface area contributed by atoms with E-state index in [2.05, 4.69) is 10.3 Å². The fourth-order valence-corrected chi connectivity index (χ4v) is 2.62. The molecule has 0 aliphatic rings. The van der Waals surface area contributed by atoms with Crippen molar-refractivity contribution in [3.05, 3.63) is 64.2 Å². The van der Waals surface area contributed by atoms with Gasteiger partial charge in [-0.15, -0.1) is 0 Å². The molecular formula is C21H27N3O3. The summed E-state index contributed by atoms with van der Waals surface area (Å²) >= 11 is 0. The summed E-state index contributed by atoms with van der Waals surface area (Å²) in [4.78, 5) is 16.7. The summed E-state index contributed by atoms with van der Waals surface area (Å²) in [7, 11) is 1.63. The van der Waals surface area contributed by atoms with Gasteiger partial charge in [-0.1, -0.05) is 39.8 Å². The number of rotatable bonds is 5. The molecule has 0 radical (unpaired) electrons. The fourth-order valence-electron chi connectivity index (χ4n) is 2.62. The Morgan fingerprint density at radius 3 is 2.44 bits per heavy atom. The second-order valence-corrected chi connectivity index (χ2v) is 6.15. The maximum atomic E-state index is 12.5. The van der Waals surface area contributed by atoms with Crippen LogP contribution >= 0.6 is 0 Å². The van der Waals surface area contributed by atoms with Crippen LogP contribution in [0, 0.1) is 0 Å². The number of nitrogens with one attached hydrogen (secondary N) is 1. The Kier molecular flexibility index (Phi) is 6.82. The number of aromatic hydroxyl groups is 1. The number of methoxy groups -OCH3 is 1. The Labute approximate surface area is 159 Å². The first-order valence-electron chi connectivity index (χ1n) is 9.11. The van der Waals surface area contributed by atoms with Gasteiger partial charge in [0.2, 0.25) is 0 Å². The van der Waals surface area contributed by atoms with Gasteiger partial charge in [0.05, 0.1) is 12.8 Å². The Hall–Kier alpha value is -3.02. The molecule has 2 heterocycles. The van der Waals surface area contributed by atoms with Crippen molar-refractivity contribution in [3.63, 3.8) is 0 Å². The summed E-state index contributed by atoms with van der Waals surface area (Å²) < 4.78 is 6.51. The topological polar surface area (TPSA) is 75.9 Å². The summed E-state index contributed by atoms with van der Waals surface area (Å²) in [5, 5.41) is 13.6. The SMILES string of the molecule is CC.COc1ccc(CNc2ccn3c(=O)c(C(C)C)cnc3c2O)cc1. The van der Waals surface area contributed by atoms with Gasteiger partial charge in [-0.05, 0) is 29.7 Å². The van der Waals surface area contributed by atoms with E-state index in [1.807, 2.05) is 52.0 Å². The van der Waals surface area contributed by atoms with E-state index < -0.39 is 0 Å². The van der Waals surface area contributed by atoms with Gasteiger partial charge >= 0.3 is 0 Å². The van der Waals surface area contributed by atoms with Crippen molar-refractivity contribution in [1.82, 2.24) is 9.38 Å². The number of hydrogen-bond acceptors (Lipinski definition) is 5. The van der Waals surface area contributed by atoms with E-state index in [0.717, 1.165) is 11.3 Å². The zero-order valence-corrected chi connectivity index (χ0v) is 16.5. The van der Waals surface area contributed by atoms with Crippen molar-refractivity contribution in [1.29, 1.82) is 0 Å². The van der Waals surface area contributed by atoms with Crippen LogP contribution in [-0.2, 0) is 6.54 Å². The van der Waals surface area contributed by atoms with Gasteiger partial charge in [0, 0.05) is 24.5 Å². The average Bonchev–Trinajstić information content (AvgIpc) is 2.69. The average molecular weight is 369 g/mol. The minimum Gasteiger partial charge on any atom is -0.503 e. The van der Waals surface area contributed by atoms with Crippen LogP contribution in [0.5, 0.6) is 11.5 Å². The molecule has 0 saturated carbocycles. The van der Waals surface area contributed by atoms with Crippen LogP contribution in [0.15, 0.2) is 47.5 Å². The van der Waals surface area contributed by atoms with Crippen LogP contribution < -0.4 is 15.6 Å². The third kappa shape index (κ3) is 4.39. The minimum absolute atomic E-state index is 0.0385. The molecule has 6 nitrogen and oxygen atoms in total. The van der Waals surface area contributed by atoms with Crippen LogP contribution in [-0.4, -0.2) is 21.6 Å². The highest BCUT2D eigenvalue weighted by Gasteiger charge is 2.13.